The van der Waals surface area contributed by atoms with E-state index in [2.05, 4.69) is 98.8 Å². The SMILES string of the molecule is CCCC(C)(C)N(C=Cc1ccccc1)C=Cc1ccccc1. The molecule has 0 aliphatic carbocycles. The van der Waals surface area contributed by atoms with Gasteiger partial charge in [0.25, 0.3) is 0 Å². The molecule has 1 heteroatoms. The largest absolute Gasteiger partial charge is 0.349 e. The Labute approximate surface area is 141 Å². The van der Waals surface area contributed by atoms with Crippen molar-refractivity contribution in [2.24, 2.45) is 0 Å². The van der Waals surface area contributed by atoms with E-state index in [1.165, 1.54) is 17.5 Å². The van der Waals surface area contributed by atoms with E-state index in [4.69, 9.17) is 0 Å². The monoisotopic (exact) mass is 305 g/mol. The molecule has 0 N–H and O–H groups in total. The molecular formula is C22H27N. The van der Waals surface area contributed by atoms with E-state index in [0.29, 0.717) is 0 Å². The third kappa shape index (κ3) is 5.45. The molecule has 2 aromatic carbocycles. The maximum absolute atomic E-state index is 2.32. The Morgan fingerprint density at radius 3 is 1.61 bits per heavy atom. The van der Waals surface area contributed by atoms with Crippen molar-refractivity contribution in [3.8, 4) is 0 Å². The number of benzene rings is 2. The summed E-state index contributed by atoms with van der Waals surface area (Å²) >= 11 is 0. The Balaban J connectivity index is 2.21. The molecule has 0 aliphatic rings. The van der Waals surface area contributed by atoms with Crippen molar-refractivity contribution in [2.45, 2.75) is 39.2 Å². The molecule has 0 saturated carbocycles. The first-order valence-corrected chi connectivity index (χ1v) is 8.37. The Kier molecular flexibility index (Phi) is 6.22. The van der Waals surface area contributed by atoms with E-state index in [9.17, 15) is 0 Å². The van der Waals surface area contributed by atoms with E-state index in [1.54, 1.807) is 0 Å². The third-order valence-corrected chi connectivity index (χ3v) is 4.02. The van der Waals surface area contributed by atoms with Crippen LogP contribution in [0.3, 0.4) is 0 Å². The molecule has 0 radical (unpaired) electrons. The highest BCUT2D eigenvalue weighted by Crippen LogP contribution is 2.23. The second-order valence-corrected chi connectivity index (χ2v) is 6.42. The van der Waals surface area contributed by atoms with Crippen molar-refractivity contribution in [1.82, 2.24) is 4.90 Å². The first kappa shape index (κ1) is 17.1. The van der Waals surface area contributed by atoms with Crippen LogP contribution in [-0.4, -0.2) is 10.4 Å². The Hall–Kier alpha value is -2.28. The average Bonchev–Trinajstić information content (AvgIpc) is 2.56. The van der Waals surface area contributed by atoms with Gasteiger partial charge in [-0.3, -0.25) is 0 Å². The highest BCUT2D eigenvalue weighted by molar-refractivity contribution is 5.51. The minimum absolute atomic E-state index is 0.0886. The molecule has 0 atom stereocenters. The molecule has 0 amide bonds. The summed E-state index contributed by atoms with van der Waals surface area (Å²) in [6.07, 6.45) is 11.0. The molecular weight excluding hydrogens is 278 g/mol. The summed E-state index contributed by atoms with van der Waals surface area (Å²) in [7, 11) is 0. The van der Waals surface area contributed by atoms with E-state index < -0.39 is 0 Å². The standard InChI is InChI=1S/C22H27N/c1-4-17-22(2,3)23(18-15-20-11-7-5-8-12-20)19-16-21-13-9-6-10-14-21/h5-16,18-19H,4,17H2,1-3H3. The van der Waals surface area contributed by atoms with E-state index >= 15 is 0 Å². The second kappa shape index (κ2) is 8.38. The average molecular weight is 305 g/mol. The molecule has 2 rings (SSSR count). The minimum Gasteiger partial charge on any atom is -0.349 e. The highest BCUT2D eigenvalue weighted by Gasteiger charge is 2.21. The highest BCUT2D eigenvalue weighted by atomic mass is 15.2. The minimum atomic E-state index is 0.0886. The van der Waals surface area contributed by atoms with E-state index in [0.717, 1.165) is 6.42 Å². The van der Waals surface area contributed by atoms with Gasteiger partial charge in [-0.15, -0.1) is 0 Å². The molecule has 0 spiro atoms. The summed E-state index contributed by atoms with van der Waals surface area (Å²) < 4.78 is 0. The van der Waals surface area contributed by atoms with Crippen LogP contribution in [0.15, 0.2) is 73.1 Å². The number of rotatable bonds is 7. The fraction of sp³-hybridized carbons (Fsp3) is 0.273. The number of hydrogen-bond donors (Lipinski definition) is 0. The van der Waals surface area contributed by atoms with Crippen LogP contribution < -0.4 is 0 Å². The molecule has 120 valence electrons. The van der Waals surface area contributed by atoms with Crippen LogP contribution in [0.5, 0.6) is 0 Å². The first-order chi connectivity index (χ1) is 11.1. The normalized spacial score (nSPS) is 12.1. The lowest BCUT2D eigenvalue weighted by molar-refractivity contribution is 0.236. The van der Waals surface area contributed by atoms with Gasteiger partial charge >= 0.3 is 0 Å². The molecule has 23 heavy (non-hydrogen) atoms. The Bertz CT molecular complexity index is 574. The molecule has 2 aromatic rings. The third-order valence-electron chi connectivity index (χ3n) is 4.02. The van der Waals surface area contributed by atoms with Crippen LogP contribution in [-0.2, 0) is 0 Å². The lowest BCUT2D eigenvalue weighted by atomic mass is 9.97. The van der Waals surface area contributed by atoms with Crippen LogP contribution >= 0.6 is 0 Å². The first-order valence-electron chi connectivity index (χ1n) is 8.37. The molecule has 0 saturated heterocycles. The van der Waals surface area contributed by atoms with Gasteiger partial charge in [0, 0.05) is 17.9 Å². The van der Waals surface area contributed by atoms with Gasteiger partial charge in [-0.25, -0.2) is 0 Å². The van der Waals surface area contributed by atoms with Gasteiger partial charge < -0.3 is 4.90 Å². The van der Waals surface area contributed by atoms with Gasteiger partial charge in [0.15, 0.2) is 0 Å². The van der Waals surface area contributed by atoms with Crippen LogP contribution in [0.1, 0.15) is 44.7 Å². The van der Waals surface area contributed by atoms with Crippen molar-refractivity contribution < 1.29 is 0 Å². The van der Waals surface area contributed by atoms with Crippen LogP contribution in [0.2, 0.25) is 0 Å². The molecule has 0 aromatic heterocycles. The summed E-state index contributed by atoms with van der Waals surface area (Å²) in [5.74, 6) is 0. The fourth-order valence-corrected chi connectivity index (χ4v) is 2.66. The second-order valence-electron chi connectivity index (χ2n) is 6.42. The zero-order chi connectivity index (χ0) is 16.5. The van der Waals surface area contributed by atoms with Crippen LogP contribution in [0.4, 0.5) is 0 Å². The zero-order valence-corrected chi connectivity index (χ0v) is 14.4. The maximum Gasteiger partial charge on any atom is 0.0383 e. The Morgan fingerprint density at radius 2 is 1.22 bits per heavy atom. The summed E-state index contributed by atoms with van der Waals surface area (Å²) in [5, 5.41) is 0. The van der Waals surface area contributed by atoms with Gasteiger partial charge in [-0.05, 0) is 43.5 Å². The van der Waals surface area contributed by atoms with Gasteiger partial charge in [-0.2, -0.15) is 0 Å². The number of nitrogens with zero attached hydrogens (tertiary/aromatic N) is 1. The zero-order valence-electron chi connectivity index (χ0n) is 14.4. The number of hydrogen-bond acceptors (Lipinski definition) is 1. The molecule has 1 nitrogen and oxygen atoms in total. The smallest absolute Gasteiger partial charge is 0.0383 e. The quantitative estimate of drug-likeness (QED) is 0.588. The lowest BCUT2D eigenvalue weighted by Crippen LogP contribution is -2.36. The van der Waals surface area contributed by atoms with Crippen molar-refractivity contribution in [3.05, 3.63) is 84.2 Å². The van der Waals surface area contributed by atoms with E-state index in [1.807, 2.05) is 12.1 Å². The summed E-state index contributed by atoms with van der Waals surface area (Å²) in [5.41, 5.74) is 2.53. The van der Waals surface area contributed by atoms with Crippen LogP contribution in [0.25, 0.3) is 12.2 Å². The van der Waals surface area contributed by atoms with Crippen molar-refractivity contribution in [1.29, 1.82) is 0 Å². The predicted octanol–water partition coefficient (Wildman–Crippen LogP) is 6.21. The summed E-state index contributed by atoms with van der Waals surface area (Å²) in [6, 6.07) is 20.9. The van der Waals surface area contributed by atoms with Crippen molar-refractivity contribution in [2.75, 3.05) is 0 Å². The maximum atomic E-state index is 2.32. The van der Waals surface area contributed by atoms with Crippen LogP contribution in [0, 0.1) is 0 Å². The Morgan fingerprint density at radius 1 is 0.783 bits per heavy atom. The predicted molar refractivity (Wildman–Crippen MR) is 102 cm³/mol. The van der Waals surface area contributed by atoms with Gasteiger partial charge in [0.05, 0.1) is 0 Å². The van der Waals surface area contributed by atoms with Gasteiger partial charge in [0.1, 0.15) is 0 Å². The lowest BCUT2D eigenvalue weighted by Gasteiger charge is -2.35. The fourth-order valence-electron chi connectivity index (χ4n) is 2.66. The van der Waals surface area contributed by atoms with E-state index in [-0.39, 0.29) is 5.54 Å². The molecule has 0 bridgehead atoms. The van der Waals surface area contributed by atoms with Crippen molar-refractivity contribution in [3.63, 3.8) is 0 Å². The summed E-state index contributed by atoms with van der Waals surface area (Å²) in [4.78, 5) is 2.32. The summed E-state index contributed by atoms with van der Waals surface area (Å²) in [6.45, 7) is 6.82. The van der Waals surface area contributed by atoms with Gasteiger partial charge in [0.2, 0.25) is 0 Å². The van der Waals surface area contributed by atoms with Gasteiger partial charge in [-0.1, -0.05) is 74.0 Å². The molecule has 0 unspecified atom stereocenters. The molecule has 0 aliphatic heterocycles. The molecule has 0 fully saturated rings. The topological polar surface area (TPSA) is 3.24 Å². The molecule has 0 heterocycles. The van der Waals surface area contributed by atoms with Crippen molar-refractivity contribution >= 4 is 12.2 Å².